The van der Waals surface area contributed by atoms with Crippen LogP contribution in [0.15, 0.2) is 23.1 Å². The lowest BCUT2D eigenvalue weighted by Crippen LogP contribution is -2.51. The van der Waals surface area contributed by atoms with Gasteiger partial charge >= 0.3 is 11.9 Å². The molecule has 0 bridgehead atoms. The number of carboxylic acid groups (broad SMARTS) is 2. The van der Waals surface area contributed by atoms with Gasteiger partial charge in [-0.3, -0.25) is 4.79 Å². The molecule has 2 atom stereocenters. The van der Waals surface area contributed by atoms with E-state index >= 15 is 0 Å². The molecule has 8 heteroatoms. The molecule has 0 amide bonds. The van der Waals surface area contributed by atoms with Crippen LogP contribution in [0.3, 0.4) is 0 Å². The van der Waals surface area contributed by atoms with Crippen LogP contribution in [-0.2, 0) is 14.8 Å². The molecule has 2 aliphatic rings. The van der Waals surface area contributed by atoms with Crippen LogP contribution in [0.2, 0.25) is 0 Å². The van der Waals surface area contributed by atoms with E-state index in [-0.39, 0.29) is 22.9 Å². The average molecular weight is 339 g/mol. The van der Waals surface area contributed by atoms with Crippen molar-refractivity contribution in [1.29, 1.82) is 0 Å². The molecule has 1 aliphatic carbocycles. The van der Waals surface area contributed by atoms with E-state index in [1.165, 1.54) is 12.1 Å². The highest BCUT2D eigenvalue weighted by atomic mass is 32.2. The van der Waals surface area contributed by atoms with Crippen LogP contribution < -0.4 is 0 Å². The van der Waals surface area contributed by atoms with Crippen molar-refractivity contribution < 1.29 is 28.2 Å². The molecule has 0 spiro atoms. The third-order valence-corrected chi connectivity index (χ3v) is 6.77. The molecule has 1 saturated carbocycles. The molecular weight excluding hydrogens is 322 g/mol. The summed E-state index contributed by atoms with van der Waals surface area (Å²) in [7, 11) is -4.06. The van der Waals surface area contributed by atoms with E-state index < -0.39 is 27.5 Å². The minimum Gasteiger partial charge on any atom is -0.480 e. The highest BCUT2D eigenvalue weighted by Crippen LogP contribution is 2.55. The van der Waals surface area contributed by atoms with Crippen molar-refractivity contribution in [2.24, 2.45) is 5.92 Å². The first kappa shape index (κ1) is 15.9. The zero-order valence-corrected chi connectivity index (χ0v) is 13.3. The number of hydrogen-bond donors (Lipinski definition) is 2. The van der Waals surface area contributed by atoms with Crippen LogP contribution in [0.4, 0.5) is 0 Å². The molecular formula is C15H17NO6S. The Morgan fingerprint density at radius 3 is 2.61 bits per heavy atom. The summed E-state index contributed by atoms with van der Waals surface area (Å²) in [5, 5.41) is 18.7. The normalized spacial score (nSPS) is 27.3. The number of carbonyl (C=O) groups is 2. The largest absolute Gasteiger partial charge is 0.480 e. The van der Waals surface area contributed by atoms with Gasteiger partial charge in [0.25, 0.3) is 0 Å². The first-order chi connectivity index (χ1) is 10.7. The first-order valence-corrected chi connectivity index (χ1v) is 8.75. The van der Waals surface area contributed by atoms with E-state index in [0.717, 1.165) is 10.4 Å². The number of nitrogens with zero attached hydrogens (tertiary/aromatic N) is 1. The number of carboxylic acids is 2. The molecule has 1 aromatic carbocycles. The molecule has 1 aromatic rings. The van der Waals surface area contributed by atoms with Gasteiger partial charge in [0.1, 0.15) is 5.54 Å². The van der Waals surface area contributed by atoms with Crippen molar-refractivity contribution >= 4 is 22.0 Å². The second-order valence-electron chi connectivity index (χ2n) is 6.13. The number of aryl methyl sites for hydroxylation is 1. The van der Waals surface area contributed by atoms with Crippen molar-refractivity contribution in [1.82, 2.24) is 4.31 Å². The monoisotopic (exact) mass is 339 g/mol. The van der Waals surface area contributed by atoms with Crippen LogP contribution in [0, 0.1) is 12.8 Å². The van der Waals surface area contributed by atoms with Gasteiger partial charge in [-0.15, -0.1) is 0 Å². The van der Waals surface area contributed by atoms with E-state index in [0.29, 0.717) is 24.8 Å². The topological polar surface area (TPSA) is 112 Å². The summed E-state index contributed by atoms with van der Waals surface area (Å²) in [4.78, 5) is 22.7. The highest BCUT2D eigenvalue weighted by molar-refractivity contribution is 7.89. The van der Waals surface area contributed by atoms with Gasteiger partial charge in [-0.2, -0.15) is 4.31 Å². The molecule has 7 nitrogen and oxygen atoms in total. The van der Waals surface area contributed by atoms with E-state index in [1.54, 1.807) is 6.92 Å². The van der Waals surface area contributed by atoms with Crippen LogP contribution in [0.25, 0.3) is 0 Å². The number of piperidine rings is 1. The summed E-state index contributed by atoms with van der Waals surface area (Å²) in [5.74, 6) is -2.50. The minimum atomic E-state index is -4.06. The summed E-state index contributed by atoms with van der Waals surface area (Å²) in [5.41, 5.74) is -1.00. The highest BCUT2D eigenvalue weighted by Gasteiger charge is 2.68. The molecule has 3 rings (SSSR count). The zero-order valence-electron chi connectivity index (χ0n) is 12.5. The van der Waals surface area contributed by atoms with Crippen LogP contribution in [-0.4, -0.2) is 47.0 Å². The number of sulfonamides is 1. The van der Waals surface area contributed by atoms with Gasteiger partial charge in [0, 0.05) is 6.54 Å². The van der Waals surface area contributed by atoms with Crippen molar-refractivity contribution in [3.8, 4) is 0 Å². The summed E-state index contributed by atoms with van der Waals surface area (Å²) >= 11 is 0. The molecule has 0 aromatic heterocycles. The van der Waals surface area contributed by atoms with E-state index in [1.807, 2.05) is 0 Å². The van der Waals surface area contributed by atoms with E-state index in [2.05, 4.69) is 0 Å². The average Bonchev–Trinajstić information content (AvgIpc) is 3.22. The fraction of sp³-hybridized carbons (Fsp3) is 0.467. The standard InChI is InChI=1S/C15H17NO6S/c1-9-4-5-11(7-12(9)13(17)18)23(21,22)16-6-2-3-10-8-15(10,16)14(19)20/h4-5,7,10H,2-3,6,8H2,1H3,(H,17,18)(H,19,20)/t10-,15+/m1/s1. The lowest BCUT2D eigenvalue weighted by Gasteiger charge is -2.32. The van der Waals surface area contributed by atoms with Gasteiger partial charge < -0.3 is 10.2 Å². The Hall–Kier alpha value is -1.93. The number of rotatable bonds is 4. The lowest BCUT2D eigenvalue weighted by atomic mass is 10.1. The molecule has 124 valence electrons. The molecule has 0 radical (unpaired) electrons. The van der Waals surface area contributed by atoms with Crippen LogP contribution >= 0.6 is 0 Å². The molecule has 2 fully saturated rings. The number of fused-ring (bicyclic) bond motifs is 1. The van der Waals surface area contributed by atoms with Gasteiger partial charge in [0.2, 0.25) is 10.0 Å². The van der Waals surface area contributed by atoms with E-state index in [4.69, 9.17) is 5.11 Å². The Bertz CT molecular complexity index is 802. The molecule has 1 heterocycles. The quantitative estimate of drug-likeness (QED) is 0.855. The zero-order chi connectivity index (χ0) is 17.0. The summed E-state index contributed by atoms with van der Waals surface area (Å²) in [6.45, 7) is 1.72. The number of benzene rings is 1. The van der Waals surface area contributed by atoms with Gasteiger partial charge in [0.15, 0.2) is 0 Å². The third kappa shape index (κ3) is 2.24. The maximum atomic E-state index is 12.9. The fourth-order valence-electron chi connectivity index (χ4n) is 3.47. The van der Waals surface area contributed by atoms with Crippen LogP contribution in [0.5, 0.6) is 0 Å². The molecule has 0 unspecified atom stereocenters. The Kier molecular flexibility index (Phi) is 3.49. The SMILES string of the molecule is Cc1ccc(S(=O)(=O)N2CCC[C@@H]3C[C@@]32C(=O)O)cc1C(=O)O. The van der Waals surface area contributed by atoms with Crippen LogP contribution in [0.1, 0.15) is 35.2 Å². The second kappa shape index (κ2) is 5.04. The summed E-state index contributed by atoms with van der Waals surface area (Å²) < 4.78 is 26.8. The number of aliphatic carboxylic acids is 1. The van der Waals surface area contributed by atoms with Crippen molar-refractivity contribution in [2.75, 3.05) is 6.54 Å². The van der Waals surface area contributed by atoms with Gasteiger partial charge in [-0.25, -0.2) is 13.2 Å². The fourth-order valence-corrected chi connectivity index (χ4v) is 5.33. The van der Waals surface area contributed by atoms with Gasteiger partial charge in [-0.1, -0.05) is 6.07 Å². The Labute approximate surface area is 133 Å². The minimum absolute atomic E-state index is 0.0974. The summed E-state index contributed by atoms with van der Waals surface area (Å²) in [6, 6.07) is 3.87. The number of hydrogen-bond acceptors (Lipinski definition) is 4. The van der Waals surface area contributed by atoms with Crippen molar-refractivity contribution in [3.05, 3.63) is 29.3 Å². The van der Waals surface area contributed by atoms with Crippen molar-refractivity contribution in [3.63, 3.8) is 0 Å². The molecule has 2 N–H and O–H groups in total. The van der Waals surface area contributed by atoms with Crippen molar-refractivity contribution in [2.45, 2.75) is 36.6 Å². The Balaban J connectivity index is 2.07. The van der Waals surface area contributed by atoms with E-state index in [9.17, 15) is 23.1 Å². The summed E-state index contributed by atoms with van der Waals surface area (Å²) in [6.07, 6.45) is 1.63. The number of aromatic carboxylic acids is 1. The first-order valence-electron chi connectivity index (χ1n) is 7.31. The lowest BCUT2D eigenvalue weighted by molar-refractivity contribution is -0.144. The third-order valence-electron chi connectivity index (χ3n) is 4.83. The molecule has 1 aliphatic heterocycles. The maximum Gasteiger partial charge on any atom is 0.335 e. The Morgan fingerprint density at radius 2 is 2.00 bits per heavy atom. The predicted molar refractivity (Wildman–Crippen MR) is 79.7 cm³/mol. The Morgan fingerprint density at radius 1 is 1.30 bits per heavy atom. The molecule has 1 saturated heterocycles. The molecule has 23 heavy (non-hydrogen) atoms. The predicted octanol–water partition coefficient (Wildman–Crippen LogP) is 1.32. The maximum absolute atomic E-state index is 12.9. The smallest absolute Gasteiger partial charge is 0.335 e. The van der Waals surface area contributed by atoms with Gasteiger partial charge in [-0.05, 0) is 49.8 Å². The second-order valence-corrected chi connectivity index (χ2v) is 7.99. The van der Waals surface area contributed by atoms with Gasteiger partial charge in [0.05, 0.1) is 10.5 Å².